The second-order valence-electron chi connectivity index (χ2n) is 10.5. The lowest BCUT2D eigenvalue weighted by molar-refractivity contribution is -0.143. The van der Waals surface area contributed by atoms with E-state index in [0.717, 1.165) is 11.1 Å². The molecule has 0 saturated heterocycles. The number of methoxy groups -OCH3 is 1. The highest BCUT2D eigenvalue weighted by Gasteiger charge is 2.34. The zero-order chi connectivity index (χ0) is 32.2. The van der Waals surface area contributed by atoms with Crippen molar-refractivity contribution in [3.05, 3.63) is 118 Å². The molecule has 2 heterocycles. The third-order valence-electron chi connectivity index (χ3n) is 6.97. The van der Waals surface area contributed by atoms with Gasteiger partial charge in [-0.25, -0.2) is 9.79 Å². The number of fused-ring (bicyclic) bond motifs is 1. The van der Waals surface area contributed by atoms with Crippen LogP contribution in [0.3, 0.4) is 0 Å². The molecule has 1 aromatic heterocycles. The Morgan fingerprint density at radius 3 is 2.53 bits per heavy atom. The number of benzene rings is 3. The Morgan fingerprint density at radius 1 is 1.13 bits per heavy atom. The summed E-state index contributed by atoms with van der Waals surface area (Å²) >= 11 is 11.2. The third-order valence-corrected chi connectivity index (χ3v) is 8.91. The minimum atomic E-state index is -0.729. The number of nitrogens with zero attached hydrogens (tertiary/aromatic N) is 2. The van der Waals surface area contributed by atoms with Crippen LogP contribution >= 0.6 is 38.9 Å². The van der Waals surface area contributed by atoms with E-state index in [1.54, 1.807) is 44.6 Å². The zero-order valence-corrected chi connectivity index (χ0v) is 28.6. The van der Waals surface area contributed by atoms with Crippen molar-refractivity contribution in [1.82, 2.24) is 4.57 Å². The Kier molecular flexibility index (Phi) is 10.2. The van der Waals surface area contributed by atoms with Gasteiger partial charge in [-0.05, 0) is 91.2 Å². The van der Waals surface area contributed by atoms with Crippen LogP contribution in [-0.4, -0.2) is 30.4 Å². The summed E-state index contributed by atoms with van der Waals surface area (Å²) < 4.78 is 25.6. The van der Waals surface area contributed by atoms with E-state index >= 15 is 0 Å². The van der Waals surface area contributed by atoms with E-state index in [1.807, 2.05) is 61.5 Å². The first kappa shape index (κ1) is 32.5. The highest BCUT2D eigenvalue weighted by molar-refractivity contribution is 9.10. The number of aromatic nitrogens is 1. The molecule has 0 aliphatic carbocycles. The topological polar surface area (TPSA) is 88.4 Å². The smallest absolute Gasteiger partial charge is 0.338 e. The van der Waals surface area contributed by atoms with Crippen LogP contribution in [-0.2, 0) is 16.1 Å². The minimum Gasteiger partial charge on any atom is -0.494 e. The molecule has 0 bridgehead atoms. The summed E-state index contributed by atoms with van der Waals surface area (Å²) in [7, 11) is 1.55. The van der Waals surface area contributed by atoms with E-state index in [1.165, 1.54) is 11.3 Å². The maximum Gasteiger partial charge on any atom is 0.338 e. The summed E-state index contributed by atoms with van der Waals surface area (Å²) in [6, 6.07) is 17.8. The Bertz CT molecular complexity index is 1950. The molecule has 0 amide bonds. The SMILES string of the molecule is CCOc1ccc([C@H]2C(C(=O)OC(C)C)=C(C)N=c3s/c(=C/c4cc(Br)c(OCc5ccccc5Cl)c(OC)c4)c(=O)n32)cc1. The highest BCUT2D eigenvalue weighted by Crippen LogP contribution is 2.38. The normalized spacial score (nSPS) is 14.7. The number of carbonyl (C=O) groups is 1. The lowest BCUT2D eigenvalue weighted by Crippen LogP contribution is -2.40. The number of hydrogen-bond donors (Lipinski definition) is 0. The molecule has 234 valence electrons. The van der Waals surface area contributed by atoms with Gasteiger partial charge in [0.05, 0.1) is 46.1 Å². The molecule has 0 fully saturated rings. The first-order valence-corrected chi connectivity index (χ1v) is 16.3. The summed E-state index contributed by atoms with van der Waals surface area (Å²) in [5.74, 6) is 1.17. The molecular weight excluding hydrogens is 680 g/mol. The van der Waals surface area contributed by atoms with E-state index in [2.05, 4.69) is 20.9 Å². The van der Waals surface area contributed by atoms with Crippen LogP contribution in [0.1, 0.15) is 50.4 Å². The second kappa shape index (κ2) is 14.1. The molecule has 1 aliphatic rings. The van der Waals surface area contributed by atoms with Gasteiger partial charge in [0.15, 0.2) is 16.3 Å². The van der Waals surface area contributed by atoms with Crippen LogP contribution in [0.5, 0.6) is 17.2 Å². The Morgan fingerprint density at radius 2 is 1.87 bits per heavy atom. The van der Waals surface area contributed by atoms with Crippen LogP contribution < -0.4 is 29.1 Å². The predicted molar refractivity (Wildman–Crippen MR) is 179 cm³/mol. The molecule has 5 rings (SSSR count). The molecule has 0 unspecified atom stereocenters. The summed E-state index contributed by atoms with van der Waals surface area (Å²) in [6.45, 7) is 8.02. The molecule has 1 aliphatic heterocycles. The number of halogens is 2. The number of carbonyl (C=O) groups excluding carboxylic acids is 1. The van der Waals surface area contributed by atoms with Gasteiger partial charge in [0.2, 0.25) is 0 Å². The summed E-state index contributed by atoms with van der Waals surface area (Å²) in [5.41, 5.74) is 2.82. The first-order chi connectivity index (χ1) is 21.6. The van der Waals surface area contributed by atoms with Crippen LogP contribution in [0.2, 0.25) is 5.02 Å². The largest absolute Gasteiger partial charge is 0.494 e. The Balaban J connectivity index is 1.57. The van der Waals surface area contributed by atoms with Gasteiger partial charge in [0.1, 0.15) is 12.4 Å². The summed E-state index contributed by atoms with van der Waals surface area (Å²) in [5, 5.41) is 0.610. The minimum absolute atomic E-state index is 0.249. The van der Waals surface area contributed by atoms with Gasteiger partial charge in [-0.3, -0.25) is 9.36 Å². The number of rotatable bonds is 10. The maximum absolute atomic E-state index is 14.1. The molecule has 3 aromatic carbocycles. The van der Waals surface area contributed by atoms with Gasteiger partial charge in [-0.15, -0.1) is 0 Å². The van der Waals surface area contributed by atoms with Gasteiger partial charge in [0, 0.05) is 10.6 Å². The highest BCUT2D eigenvalue weighted by atomic mass is 79.9. The summed E-state index contributed by atoms with van der Waals surface area (Å²) in [4.78, 5) is 32.6. The third kappa shape index (κ3) is 7.03. The van der Waals surface area contributed by atoms with E-state index in [9.17, 15) is 9.59 Å². The zero-order valence-electron chi connectivity index (χ0n) is 25.4. The molecule has 8 nitrogen and oxygen atoms in total. The van der Waals surface area contributed by atoms with Crippen LogP contribution in [0.25, 0.3) is 6.08 Å². The van der Waals surface area contributed by atoms with Gasteiger partial charge >= 0.3 is 5.97 Å². The van der Waals surface area contributed by atoms with Crippen LogP contribution in [0, 0.1) is 0 Å². The number of ether oxygens (including phenoxy) is 4. The number of thiazole rings is 1. The molecule has 0 N–H and O–H groups in total. The maximum atomic E-state index is 14.1. The van der Waals surface area contributed by atoms with Crippen molar-refractivity contribution in [2.45, 2.75) is 46.4 Å². The van der Waals surface area contributed by atoms with E-state index < -0.39 is 12.0 Å². The predicted octanol–water partition coefficient (Wildman–Crippen LogP) is 6.59. The van der Waals surface area contributed by atoms with E-state index in [-0.39, 0.29) is 18.3 Å². The molecule has 0 saturated carbocycles. The van der Waals surface area contributed by atoms with Crippen molar-refractivity contribution >= 4 is 50.9 Å². The van der Waals surface area contributed by atoms with Crippen molar-refractivity contribution in [3.63, 3.8) is 0 Å². The number of hydrogen-bond acceptors (Lipinski definition) is 8. The first-order valence-electron chi connectivity index (χ1n) is 14.3. The molecule has 4 aromatic rings. The van der Waals surface area contributed by atoms with Crippen LogP contribution in [0.4, 0.5) is 0 Å². The fourth-order valence-corrected chi connectivity index (χ4v) is 6.78. The van der Waals surface area contributed by atoms with Crippen molar-refractivity contribution < 1.29 is 23.7 Å². The standard InChI is InChI=1S/C34H32BrClN2O6S/c1-6-42-24-13-11-22(12-14-24)30-29(33(40)44-19(2)3)20(4)37-34-38(30)32(39)28(45-34)17-21-15-25(35)31(27(16-21)41-5)43-18-23-9-7-8-10-26(23)36/h7-17,19,30H,6,18H2,1-5H3/b28-17+/t30-/m0/s1. The van der Waals surface area contributed by atoms with Crippen LogP contribution in [0.15, 0.2) is 86.2 Å². The van der Waals surface area contributed by atoms with E-state index in [0.29, 0.717) is 59.5 Å². The lowest BCUT2D eigenvalue weighted by atomic mass is 9.96. The van der Waals surface area contributed by atoms with Gasteiger partial charge < -0.3 is 18.9 Å². The summed E-state index contributed by atoms with van der Waals surface area (Å²) in [6.07, 6.45) is 1.43. The van der Waals surface area contributed by atoms with Crippen molar-refractivity contribution in [2.24, 2.45) is 4.99 Å². The molecule has 1 atom stereocenters. The average Bonchev–Trinajstić information content (AvgIpc) is 3.30. The van der Waals surface area contributed by atoms with Crippen molar-refractivity contribution in [1.29, 1.82) is 0 Å². The second-order valence-corrected chi connectivity index (χ2v) is 12.7. The average molecular weight is 712 g/mol. The fourth-order valence-electron chi connectivity index (χ4n) is 4.97. The van der Waals surface area contributed by atoms with Crippen molar-refractivity contribution in [2.75, 3.05) is 13.7 Å². The Labute approximate surface area is 278 Å². The monoisotopic (exact) mass is 710 g/mol. The fraction of sp³-hybridized carbons (Fsp3) is 0.265. The lowest BCUT2D eigenvalue weighted by Gasteiger charge is -2.25. The molecule has 0 radical (unpaired) electrons. The Hall–Kier alpha value is -3.86. The number of esters is 1. The van der Waals surface area contributed by atoms with Gasteiger partial charge in [0.25, 0.3) is 5.56 Å². The number of allylic oxidation sites excluding steroid dienone is 1. The van der Waals surface area contributed by atoms with Gasteiger partial charge in [-0.1, -0.05) is 53.3 Å². The molecular formula is C34H32BrClN2O6S. The van der Waals surface area contributed by atoms with Crippen molar-refractivity contribution in [3.8, 4) is 17.2 Å². The molecule has 11 heteroatoms. The molecule has 45 heavy (non-hydrogen) atoms. The molecule has 0 spiro atoms. The van der Waals surface area contributed by atoms with Gasteiger partial charge in [-0.2, -0.15) is 0 Å². The quantitative estimate of drug-likeness (QED) is 0.173. The van der Waals surface area contributed by atoms with E-state index in [4.69, 9.17) is 30.5 Å².